The van der Waals surface area contributed by atoms with Gasteiger partial charge in [-0.2, -0.15) is 5.10 Å². The van der Waals surface area contributed by atoms with Gasteiger partial charge in [-0.05, 0) is 31.4 Å². The average Bonchev–Trinajstić information content (AvgIpc) is 3.36. The molecule has 0 aliphatic carbocycles. The van der Waals surface area contributed by atoms with E-state index in [4.69, 9.17) is 16.3 Å². The van der Waals surface area contributed by atoms with Crippen molar-refractivity contribution in [2.75, 3.05) is 25.1 Å². The van der Waals surface area contributed by atoms with Gasteiger partial charge < -0.3 is 20.5 Å². The number of aliphatic hydroxyl groups excluding tert-OH is 1. The van der Waals surface area contributed by atoms with Crippen molar-refractivity contribution in [2.24, 2.45) is 0 Å². The third kappa shape index (κ3) is 5.69. The number of halogens is 1. The lowest BCUT2D eigenvalue weighted by Gasteiger charge is -2.23. The van der Waals surface area contributed by atoms with Crippen LogP contribution in [0.3, 0.4) is 0 Å². The van der Waals surface area contributed by atoms with Gasteiger partial charge in [-0.25, -0.2) is 14.5 Å². The number of aromatic nitrogens is 5. The summed E-state index contributed by atoms with van der Waals surface area (Å²) in [6, 6.07) is 8.79. The van der Waals surface area contributed by atoms with Crippen molar-refractivity contribution >= 4 is 29.0 Å². The van der Waals surface area contributed by atoms with Gasteiger partial charge in [-0.3, -0.25) is 14.2 Å². The van der Waals surface area contributed by atoms with E-state index in [0.29, 0.717) is 35.4 Å². The highest BCUT2D eigenvalue weighted by Gasteiger charge is 2.19. The maximum Gasteiger partial charge on any atom is 0.278 e. The van der Waals surface area contributed by atoms with Crippen LogP contribution >= 0.6 is 11.6 Å². The first-order valence-corrected chi connectivity index (χ1v) is 12.7. The molecule has 0 bridgehead atoms. The number of carbonyl (C=O) groups excluding carboxylic acids is 1. The fraction of sp³-hybridized carbons (Fsp3) is 0.346. The van der Waals surface area contributed by atoms with E-state index in [1.54, 1.807) is 12.3 Å². The van der Waals surface area contributed by atoms with Crippen LogP contribution in [0.1, 0.15) is 30.0 Å². The summed E-state index contributed by atoms with van der Waals surface area (Å²) in [7, 11) is 0. The van der Waals surface area contributed by atoms with Gasteiger partial charge in [0.05, 0.1) is 29.6 Å². The molecule has 0 spiro atoms. The molecule has 12 heteroatoms. The zero-order valence-electron chi connectivity index (χ0n) is 20.8. The molecule has 1 aliphatic heterocycles. The van der Waals surface area contributed by atoms with Crippen molar-refractivity contribution in [3.05, 3.63) is 75.6 Å². The predicted octanol–water partition coefficient (Wildman–Crippen LogP) is 2.36. The van der Waals surface area contributed by atoms with Crippen molar-refractivity contribution in [1.82, 2.24) is 29.5 Å². The van der Waals surface area contributed by atoms with Crippen LogP contribution in [0.15, 0.2) is 53.8 Å². The zero-order chi connectivity index (χ0) is 26.6. The van der Waals surface area contributed by atoms with Crippen LogP contribution in [0, 0.1) is 6.92 Å². The Bertz CT molecular complexity index is 1510. The molecule has 4 aromatic rings. The van der Waals surface area contributed by atoms with E-state index in [2.05, 4.69) is 25.7 Å². The molecule has 4 heterocycles. The Hall–Kier alpha value is -3.80. The number of carbonyl (C=O) groups is 1. The van der Waals surface area contributed by atoms with Gasteiger partial charge in [-0.1, -0.05) is 41.4 Å². The number of benzene rings is 1. The number of hydrogen-bond donors (Lipinski definition) is 3. The number of nitrogens with zero attached hydrogens (tertiary/aromatic N) is 5. The van der Waals surface area contributed by atoms with E-state index in [0.717, 1.165) is 24.0 Å². The minimum absolute atomic E-state index is 0.210. The largest absolute Gasteiger partial charge is 0.394 e. The molecular formula is C26H28ClN7O4. The smallest absolute Gasteiger partial charge is 0.278 e. The van der Waals surface area contributed by atoms with Crippen LogP contribution in [-0.4, -0.2) is 61.0 Å². The van der Waals surface area contributed by atoms with Crippen molar-refractivity contribution in [1.29, 1.82) is 0 Å². The number of anilines is 1. The molecule has 1 atom stereocenters. The molecule has 1 saturated heterocycles. The highest BCUT2D eigenvalue weighted by atomic mass is 35.5. The lowest BCUT2D eigenvalue weighted by molar-refractivity contribution is -0.122. The van der Waals surface area contributed by atoms with Crippen LogP contribution < -0.4 is 16.2 Å². The van der Waals surface area contributed by atoms with Crippen LogP contribution in [-0.2, 0) is 16.1 Å². The van der Waals surface area contributed by atoms with Crippen LogP contribution in [0.5, 0.6) is 0 Å². The quantitative estimate of drug-likeness (QED) is 0.312. The fourth-order valence-electron chi connectivity index (χ4n) is 4.45. The Kier molecular flexibility index (Phi) is 7.68. The van der Waals surface area contributed by atoms with Crippen LogP contribution in [0.25, 0.3) is 16.8 Å². The molecule has 1 unspecified atom stereocenters. The SMILES string of the molecule is Cc1cccc(C(CO)NC(=O)Cn2cnn3cc(-c4nc(NC5CCOCC5)ncc4Cl)cc3c2=O)c1. The molecule has 1 aliphatic rings. The molecule has 11 nitrogen and oxygen atoms in total. The third-order valence-corrected chi connectivity index (χ3v) is 6.72. The number of rotatable bonds is 8. The van der Waals surface area contributed by atoms with Crippen molar-refractivity contribution < 1.29 is 14.6 Å². The Morgan fingerprint density at radius 3 is 2.87 bits per heavy atom. The summed E-state index contributed by atoms with van der Waals surface area (Å²) in [6.45, 7) is 2.79. The van der Waals surface area contributed by atoms with Crippen molar-refractivity contribution in [3.63, 3.8) is 0 Å². The second kappa shape index (κ2) is 11.3. The third-order valence-electron chi connectivity index (χ3n) is 6.44. The molecule has 3 aromatic heterocycles. The fourth-order valence-corrected chi connectivity index (χ4v) is 4.65. The molecule has 0 radical (unpaired) electrons. The lowest BCUT2D eigenvalue weighted by Crippen LogP contribution is -2.36. The zero-order valence-corrected chi connectivity index (χ0v) is 21.6. The van der Waals surface area contributed by atoms with Crippen LogP contribution in [0.4, 0.5) is 5.95 Å². The van der Waals surface area contributed by atoms with E-state index in [1.807, 2.05) is 31.2 Å². The van der Waals surface area contributed by atoms with Crippen LogP contribution in [0.2, 0.25) is 5.02 Å². The molecule has 3 N–H and O–H groups in total. The van der Waals surface area contributed by atoms with E-state index >= 15 is 0 Å². The Morgan fingerprint density at radius 2 is 2.11 bits per heavy atom. The number of aryl methyl sites for hydroxylation is 1. The predicted molar refractivity (Wildman–Crippen MR) is 142 cm³/mol. The molecule has 0 saturated carbocycles. The molecule has 38 heavy (non-hydrogen) atoms. The van der Waals surface area contributed by atoms with Gasteiger partial charge in [0, 0.05) is 31.0 Å². The summed E-state index contributed by atoms with van der Waals surface area (Å²) in [5.74, 6) is 0.0221. The van der Waals surface area contributed by atoms with Gasteiger partial charge in [0.15, 0.2) is 0 Å². The monoisotopic (exact) mass is 537 g/mol. The molecule has 1 aromatic carbocycles. The molecule has 5 rings (SSSR count). The first kappa shape index (κ1) is 25.8. The number of fused-ring (bicyclic) bond motifs is 1. The molecule has 1 fully saturated rings. The number of nitrogens with one attached hydrogen (secondary N) is 2. The van der Waals surface area contributed by atoms with E-state index in [-0.39, 0.29) is 24.7 Å². The molecule has 198 valence electrons. The summed E-state index contributed by atoms with van der Waals surface area (Å²) in [4.78, 5) is 34.8. The minimum Gasteiger partial charge on any atom is -0.394 e. The van der Waals surface area contributed by atoms with E-state index in [1.165, 1.54) is 21.6 Å². The maximum absolute atomic E-state index is 13.2. The highest BCUT2D eigenvalue weighted by Crippen LogP contribution is 2.28. The summed E-state index contributed by atoms with van der Waals surface area (Å²) < 4.78 is 8.05. The first-order chi connectivity index (χ1) is 18.4. The van der Waals surface area contributed by atoms with Gasteiger partial charge in [0.1, 0.15) is 18.4 Å². The Balaban J connectivity index is 1.35. The Labute approximate surface area is 223 Å². The van der Waals surface area contributed by atoms with Gasteiger partial charge >= 0.3 is 0 Å². The number of amides is 1. The summed E-state index contributed by atoms with van der Waals surface area (Å²) in [6.07, 6.45) is 6.21. The van der Waals surface area contributed by atoms with Crippen molar-refractivity contribution in [3.8, 4) is 11.3 Å². The van der Waals surface area contributed by atoms with Gasteiger partial charge in [-0.15, -0.1) is 0 Å². The molecular weight excluding hydrogens is 510 g/mol. The number of aliphatic hydroxyl groups is 1. The summed E-state index contributed by atoms with van der Waals surface area (Å²) in [5.41, 5.74) is 2.73. The normalized spacial score (nSPS) is 14.9. The lowest BCUT2D eigenvalue weighted by atomic mass is 10.1. The highest BCUT2D eigenvalue weighted by molar-refractivity contribution is 6.32. The van der Waals surface area contributed by atoms with Crippen molar-refractivity contribution in [2.45, 2.75) is 38.4 Å². The molecule has 1 amide bonds. The number of hydrogen-bond acceptors (Lipinski definition) is 8. The van der Waals surface area contributed by atoms with E-state index in [9.17, 15) is 14.7 Å². The standard InChI is InChI=1S/C26H28ClN7O4/c1-16-3-2-4-17(9-16)21(14-35)31-23(36)13-33-15-29-34-12-18(10-22(34)25(33)37)24-20(27)11-28-26(32-24)30-19-5-7-38-8-6-19/h2-4,9-12,15,19,21,35H,5-8,13-14H2,1H3,(H,31,36)(H,28,30,32). The number of ether oxygens (including phenoxy) is 1. The Morgan fingerprint density at radius 1 is 1.29 bits per heavy atom. The summed E-state index contributed by atoms with van der Waals surface area (Å²) in [5, 5.41) is 20.5. The van der Waals surface area contributed by atoms with Gasteiger partial charge in [0.2, 0.25) is 11.9 Å². The average molecular weight is 538 g/mol. The maximum atomic E-state index is 13.2. The van der Waals surface area contributed by atoms with Gasteiger partial charge in [0.25, 0.3) is 5.56 Å². The summed E-state index contributed by atoms with van der Waals surface area (Å²) >= 11 is 6.40. The topological polar surface area (TPSA) is 136 Å². The minimum atomic E-state index is -0.585. The van der Waals surface area contributed by atoms with E-state index < -0.39 is 17.5 Å². The second-order valence-corrected chi connectivity index (χ2v) is 9.67. The second-order valence-electron chi connectivity index (χ2n) is 9.26. The first-order valence-electron chi connectivity index (χ1n) is 12.3.